The van der Waals surface area contributed by atoms with Gasteiger partial charge in [-0.1, -0.05) is 46.0 Å². The van der Waals surface area contributed by atoms with Gasteiger partial charge in [0.15, 0.2) is 0 Å². The van der Waals surface area contributed by atoms with Crippen LogP contribution in [-0.4, -0.2) is 29.6 Å². The van der Waals surface area contributed by atoms with Crippen molar-refractivity contribution in [3.05, 3.63) is 0 Å². The van der Waals surface area contributed by atoms with Crippen LogP contribution >= 0.6 is 0 Å². The zero-order valence-corrected chi connectivity index (χ0v) is 13.5. The predicted molar refractivity (Wildman–Crippen MR) is 83.4 cm³/mol. The zero-order chi connectivity index (χ0) is 14.5. The molecule has 1 saturated heterocycles. The van der Waals surface area contributed by atoms with Crippen molar-refractivity contribution in [2.75, 3.05) is 6.54 Å². The van der Waals surface area contributed by atoms with E-state index in [1.54, 1.807) is 0 Å². The van der Waals surface area contributed by atoms with Gasteiger partial charge in [-0.25, -0.2) is 0 Å². The Labute approximate surface area is 124 Å². The maximum atomic E-state index is 12.5. The summed E-state index contributed by atoms with van der Waals surface area (Å²) in [6, 6.07) is 0.0805. The van der Waals surface area contributed by atoms with Gasteiger partial charge in [-0.3, -0.25) is 10.1 Å². The van der Waals surface area contributed by atoms with E-state index in [2.05, 4.69) is 31.0 Å². The lowest BCUT2D eigenvalue weighted by atomic mass is 9.80. The molecular formula is C17H32N2O. The van der Waals surface area contributed by atoms with Crippen molar-refractivity contribution in [2.24, 2.45) is 11.8 Å². The van der Waals surface area contributed by atoms with Crippen LogP contribution in [0.15, 0.2) is 0 Å². The third-order valence-corrected chi connectivity index (χ3v) is 5.34. The fraction of sp³-hybridized carbons (Fsp3) is 0.941. The standard InChI is InChI=1S/C17H32N2O/c1-4-6-7-16-17(20)19(13(3)18-16)12-15-10-8-14(5-2)9-11-15/h13-16,18H,4-12H2,1-3H3. The molecule has 3 nitrogen and oxygen atoms in total. The van der Waals surface area contributed by atoms with Crippen LogP contribution in [0.3, 0.4) is 0 Å². The maximum absolute atomic E-state index is 12.5. The number of hydrogen-bond donors (Lipinski definition) is 1. The molecule has 2 aliphatic rings. The molecule has 1 saturated carbocycles. The Bertz CT molecular complexity index is 310. The molecule has 0 spiro atoms. The van der Waals surface area contributed by atoms with Crippen molar-refractivity contribution in [3.8, 4) is 0 Å². The van der Waals surface area contributed by atoms with Crippen LogP contribution in [0.1, 0.15) is 72.1 Å². The van der Waals surface area contributed by atoms with Crippen molar-refractivity contribution in [2.45, 2.75) is 84.3 Å². The first-order valence-corrected chi connectivity index (χ1v) is 8.72. The average molecular weight is 280 g/mol. The summed E-state index contributed by atoms with van der Waals surface area (Å²) in [6.45, 7) is 7.61. The van der Waals surface area contributed by atoms with Crippen LogP contribution in [-0.2, 0) is 4.79 Å². The van der Waals surface area contributed by atoms with E-state index in [0.717, 1.165) is 31.2 Å². The average Bonchev–Trinajstić information content (AvgIpc) is 2.73. The Morgan fingerprint density at radius 2 is 1.80 bits per heavy atom. The zero-order valence-electron chi connectivity index (χ0n) is 13.5. The summed E-state index contributed by atoms with van der Waals surface area (Å²) in [6.07, 6.45) is 10.2. The quantitative estimate of drug-likeness (QED) is 0.807. The summed E-state index contributed by atoms with van der Waals surface area (Å²) in [5.41, 5.74) is 0. The van der Waals surface area contributed by atoms with Crippen LogP contribution in [0, 0.1) is 11.8 Å². The molecule has 116 valence electrons. The predicted octanol–water partition coefficient (Wildman–Crippen LogP) is 3.54. The number of carbonyl (C=O) groups is 1. The minimum Gasteiger partial charge on any atom is -0.326 e. The van der Waals surface area contributed by atoms with Gasteiger partial charge in [-0.05, 0) is 38.0 Å². The van der Waals surface area contributed by atoms with Crippen molar-refractivity contribution in [3.63, 3.8) is 0 Å². The van der Waals surface area contributed by atoms with Gasteiger partial charge < -0.3 is 4.90 Å². The van der Waals surface area contributed by atoms with Crippen LogP contribution in [0.5, 0.6) is 0 Å². The number of nitrogens with zero attached hydrogens (tertiary/aromatic N) is 1. The first-order chi connectivity index (χ1) is 9.65. The summed E-state index contributed by atoms with van der Waals surface area (Å²) >= 11 is 0. The second kappa shape index (κ2) is 7.44. The minimum atomic E-state index is 0.0805. The second-order valence-corrected chi connectivity index (χ2v) is 6.82. The van der Waals surface area contributed by atoms with Gasteiger partial charge in [0.25, 0.3) is 0 Å². The molecule has 1 N–H and O–H groups in total. The Morgan fingerprint density at radius 3 is 2.40 bits per heavy atom. The Kier molecular flexibility index (Phi) is 5.88. The summed E-state index contributed by atoms with van der Waals surface area (Å²) in [5, 5.41) is 3.47. The molecule has 1 aliphatic carbocycles. The first kappa shape index (κ1) is 15.8. The SMILES string of the molecule is CCCCC1NC(C)N(CC2CCC(CC)CC2)C1=O. The van der Waals surface area contributed by atoms with Crippen LogP contribution in [0.4, 0.5) is 0 Å². The smallest absolute Gasteiger partial charge is 0.241 e. The van der Waals surface area contributed by atoms with E-state index in [0.29, 0.717) is 5.91 Å². The monoisotopic (exact) mass is 280 g/mol. The topological polar surface area (TPSA) is 32.3 Å². The Hall–Kier alpha value is -0.570. The number of hydrogen-bond acceptors (Lipinski definition) is 2. The third-order valence-electron chi connectivity index (χ3n) is 5.34. The second-order valence-electron chi connectivity index (χ2n) is 6.82. The molecule has 1 amide bonds. The van der Waals surface area contributed by atoms with Gasteiger partial charge in [0.05, 0.1) is 12.2 Å². The molecule has 0 aromatic carbocycles. The van der Waals surface area contributed by atoms with E-state index in [-0.39, 0.29) is 12.2 Å². The molecule has 2 atom stereocenters. The van der Waals surface area contributed by atoms with E-state index in [4.69, 9.17) is 0 Å². The first-order valence-electron chi connectivity index (χ1n) is 8.72. The molecule has 2 fully saturated rings. The summed E-state index contributed by atoms with van der Waals surface area (Å²) in [7, 11) is 0. The summed E-state index contributed by atoms with van der Waals surface area (Å²) in [4.78, 5) is 14.6. The van der Waals surface area contributed by atoms with Crippen LogP contribution in [0.2, 0.25) is 0 Å². The van der Waals surface area contributed by atoms with Gasteiger partial charge in [-0.2, -0.15) is 0 Å². The highest BCUT2D eigenvalue weighted by Crippen LogP contribution is 2.32. The van der Waals surface area contributed by atoms with E-state index in [1.165, 1.54) is 38.5 Å². The molecule has 0 aromatic rings. The lowest BCUT2D eigenvalue weighted by molar-refractivity contribution is -0.130. The van der Waals surface area contributed by atoms with Crippen molar-refractivity contribution in [1.82, 2.24) is 10.2 Å². The fourth-order valence-corrected chi connectivity index (χ4v) is 3.81. The lowest BCUT2D eigenvalue weighted by Gasteiger charge is -2.32. The molecule has 1 aliphatic heterocycles. The molecule has 3 heteroatoms. The van der Waals surface area contributed by atoms with Gasteiger partial charge in [0.2, 0.25) is 5.91 Å². The Balaban J connectivity index is 1.82. The highest BCUT2D eigenvalue weighted by atomic mass is 16.2. The van der Waals surface area contributed by atoms with Crippen molar-refractivity contribution >= 4 is 5.91 Å². The lowest BCUT2D eigenvalue weighted by Crippen LogP contribution is -2.39. The molecule has 0 bridgehead atoms. The van der Waals surface area contributed by atoms with E-state index >= 15 is 0 Å². The summed E-state index contributed by atoms with van der Waals surface area (Å²) < 4.78 is 0. The summed E-state index contributed by atoms with van der Waals surface area (Å²) in [5.74, 6) is 2.02. The highest BCUT2D eigenvalue weighted by molar-refractivity contribution is 5.84. The number of carbonyl (C=O) groups excluding carboxylic acids is 1. The van der Waals surface area contributed by atoms with Crippen molar-refractivity contribution in [1.29, 1.82) is 0 Å². The molecule has 20 heavy (non-hydrogen) atoms. The number of nitrogens with one attached hydrogen (secondary N) is 1. The van der Waals surface area contributed by atoms with Crippen LogP contribution < -0.4 is 5.32 Å². The molecule has 2 rings (SSSR count). The van der Waals surface area contributed by atoms with Crippen LogP contribution in [0.25, 0.3) is 0 Å². The minimum absolute atomic E-state index is 0.0805. The van der Waals surface area contributed by atoms with E-state index < -0.39 is 0 Å². The van der Waals surface area contributed by atoms with E-state index in [1.807, 2.05) is 0 Å². The Morgan fingerprint density at radius 1 is 1.15 bits per heavy atom. The molecule has 0 radical (unpaired) electrons. The van der Waals surface area contributed by atoms with Gasteiger partial charge in [-0.15, -0.1) is 0 Å². The number of unbranched alkanes of at least 4 members (excludes halogenated alkanes) is 1. The van der Waals surface area contributed by atoms with Gasteiger partial charge >= 0.3 is 0 Å². The number of rotatable bonds is 6. The fourth-order valence-electron chi connectivity index (χ4n) is 3.81. The van der Waals surface area contributed by atoms with E-state index in [9.17, 15) is 4.79 Å². The molecule has 0 aromatic heterocycles. The normalized spacial score (nSPS) is 34.8. The molecular weight excluding hydrogens is 248 g/mol. The maximum Gasteiger partial charge on any atom is 0.241 e. The van der Waals surface area contributed by atoms with Crippen molar-refractivity contribution < 1.29 is 4.79 Å². The number of amides is 1. The largest absolute Gasteiger partial charge is 0.326 e. The van der Waals surface area contributed by atoms with Gasteiger partial charge in [0.1, 0.15) is 0 Å². The highest BCUT2D eigenvalue weighted by Gasteiger charge is 2.37. The van der Waals surface area contributed by atoms with Gasteiger partial charge in [0, 0.05) is 6.54 Å². The molecule has 1 heterocycles. The molecule has 2 unspecified atom stereocenters. The third kappa shape index (κ3) is 3.75.